The van der Waals surface area contributed by atoms with E-state index in [2.05, 4.69) is 0 Å². The molecule has 0 aliphatic heterocycles. The lowest BCUT2D eigenvalue weighted by molar-refractivity contribution is -0.146. The molecule has 0 heterocycles. The van der Waals surface area contributed by atoms with E-state index in [1.807, 2.05) is 32.0 Å². The van der Waals surface area contributed by atoms with Crippen LogP contribution in [0.2, 0.25) is 0 Å². The maximum Gasteiger partial charge on any atom is 0.332 e. The molecular weight excluding hydrogens is 304 g/mol. The van der Waals surface area contributed by atoms with Gasteiger partial charge in [0.15, 0.2) is 0 Å². The van der Waals surface area contributed by atoms with E-state index in [-0.39, 0.29) is 11.5 Å². The van der Waals surface area contributed by atoms with Crippen LogP contribution in [0.1, 0.15) is 42.4 Å². The summed E-state index contributed by atoms with van der Waals surface area (Å²) in [6.45, 7) is 5.51. The van der Waals surface area contributed by atoms with Gasteiger partial charge in [-0.25, -0.2) is 4.79 Å². The van der Waals surface area contributed by atoms with Crippen LogP contribution in [0.4, 0.5) is 0 Å². The summed E-state index contributed by atoms with van der Waals surface area (Å²) in [5.41, 5.74) is 2.56. The molecule has 126 valence electrons. The smallest absolute Gasteiger partial charge is 0.332 e. The molecule has 2 aliphatic rings. The fraction of sp³-hybridized carbons (Fsp3) is 0.400. The van der Waals surface area contributed by atoms with E-state index < -0.39 is 23.3 Å². The van der Waals surface area contributed by atoms with Gasteiger partial charge in [-0.2, -0.15) is 0 Å². The topological polar surface area (TPSA) is 74.6 Å². The normalized spacial score (nSPS) is 26.5. The van der Waals surface area contributed by atoms with Gasteiger partial charge in [0.2, 0.25) is 0 Å². The lowest BCUT2D eigenvalue weighted by Gasteiger charge is -2.37. The van der Waals surface area contributed by atoms with Gasteiger partial charge in [-0.15, -0.1) is 0 Å². The largest absolute Gasteiger partial charge is 0.481 e. The van der Waals surface area contributed by atoms with Gasteiger partial charge in [-0.3, -0.25) is 4.79 Å². The fourth-order valence-electron chi connectivity index (χ4n) is 3.67. The molecule has 2 aliphatic carbocycles. The molecular formula is C20H22O4. The Bertz CT molecular complexity index is 783. The minimum atomic E-state index is -1.27. The number of carboxylic acid groups (broad SMARTS) is 2. The van der Waals surface area contributed by atoms with Gasteiger partial charge >= 0.3 is 11.9 Å². The molecule has 1 aromatic carbocycles. The molecule has 0 bridgehead atoms. The highest BCUT2D eigenvalue weighted by molar-refractivity contribution is 5.94. The third kappa shape index (κ3) is 2.46. The summed E-state index contributed by atoms with van der Waals surface area (Å²) in [5.74, 6) is -2.45. The average molecular weight is 326 g/mol. The number of rotatable bonds is 4. The van der Waals surface area contributed by atoms with E-state index in [1.165, 1.54) is 0 Å². The number of aliphatic carboxylic acids is 2. The molecule has 0 spiro atoms. The summed E-state index contributed by atoms with van der Waals surface area (Å²) in [6, 6.07) is 5.69. The van der Waals surface area contributed by atoms with Gasteiger partial charge in [-0.05, 0) is 61.8 Å². The molecule has 0 saturated heterocycles. The predicted molar refractivity (Wildman–Crippen MR) is 90.9 cm³/mol. The third-order valence-corrected chi connectivity index (χ3v) is 5.47. The van der Waals surface area contributed by atoms with Crippen molar-refractivity contribution in [2.24, 2.45) is 11.3 Å². The number of allylic oxidation sites excluding steroid dienone is 2. The van der Waals surface area contributed by atoms with Crippen LogP contribution >= 0.6 is 0 Å². The lowest BCUT2D eigenvalue weighted by Crippen LogP contribution is -2.38. The number of carboxylic acids is 2. The zero-order valence-electron chi connectivity index (χ0n) is 14.2. The first-order valence-corrected chi connectivity index (χ1v) is 8.23. The molecule has 4 nitrogen and oxygen atoms in total. The highest BCUT2D eigenvalue weighted by Crippen LogP contribution is 2.52. The van der Waals surface area contributed by atoms with E-state index >= 15 is 0 Å². The van der Waals surface area contributed by atoms with Crippen molar-refractivity contribution >= 4 is 11.9 Å². The third-order valence-electron chi connectivity index (χ3n) is 5.47. The van der Waals surface area contributed by atoms with Crippen LogP contribution in [-0.4, -0.2) is 22.2 Å². The molecule has 0 amide bonds. The number of aryl methyl sites for hydroxylation is 1. The molecule has 1 aromatic rings. The van der Waals surface area contributed by atoms with Crippen molar-refractivity contribution in [2.45, 2.75) is 39.5 Å². The van der Waals surface area contributed by atoms with Crippen LogP contribution in [0.25, 0.3) is 0 Å². The first kappa shape index (κ1) is 16.5. The number of carbonyl (C=O) groups is 2. The standard InChI is InChI=1S/C20H22O4/c1-11-5-4-6-14(12(11)2)17-16(18(21)22)15(13-7-8-13)9-10-20(17,3)19(23)24/h4-6,9-10,13,17H,7-8H2,1-3H3,(H,21,22)(H,23,24). The number of hydrogen-bond donors (Lipinski definition) is 2. The maximum absolute atomic E-state index is 12.1. The molecule has 24 heavy (non-hydrogen) atoms. The first-order chi connectivity index (χ1) is 11.3. The second kappa shape index (κ2) is 5.62. The molecule has 1 fully saturated rings. The Balaban J connectivity index is 2.29. The molecule has 4 heteroatoms. The van der Waals surface area contributed by atoms with Gasteiger partial charge in [0.05, 0.1) is 5.41 Å². The average Bonchev–Trinajstić information content (AvgIpc) is 3.34. The van der Waals surface area contributed by atoms with Crippen molar-refractivity contribution < 1.29 is 19.8 Å². The summed E-state index contributed by atoms with van der Waals surface area (Å²) in [6.07, 6.45) is 5.36. The Labute approximate surface area is 141 Å². The van der Waals surface area contributed by atoms with Gasteiger partial charge in [0.1, 0.15) is 0 Å². The highest BCUT2D eigenvalue weighted by atomic mass is 16.4. The summed E-state index contributed by atoms with van der Waals surface area (Å²) in [4.78, 5) is 24.2. The second-order valence-electron chi connectivity index (χ2n) is 7.09. The Hall–Kier alpha value is -2.36. The fourth-order valence-corrected chi connectivity index (χ4v) is 3.67. The zero-order valence-corrected chi connectivity index (χ0v) is 14.2. The van der Waals surface area contributed by atoms with Crippen molar-refractivity contribution in [3.05, 3.63) is 58.2 Å². The van der Waals surface area contributed by atoms with Crippen LogP contribution in [-0.2, 0) is 9.59 Å². The Morgan fingerprint density at radius 1 is 1.17 bits per heavy atom. The first-order valence-electron chi connectivity index (χ1n) is 8.23. The quantitative estimate of drug-likeness (QED) is 0.881. The molecule has 0 radical (unpaired) electrons. The Morgan fingerprint density at radius 2 is 1.83 bits per heavy atom. The summed E-state index contributed by atoms with van der Waals surface area (Å²) in [5, 5.41) is 19.8. The predicted octanol–water partition coefficient (Wildman–Crippen LogP) is 3.84. The van der Waals surface area contributed by atoms with Gasteiger partial charge in [0, 0.05) is 11.5 Å². The van der Waals surface area contributed by atoms with Crippen LogP contribution < -0.4 is 0 Å². The van der Waals surface area contributed by atoms with Crippen molar-refractivity contribution in [3.63, 3.8) is 0 Å². The summed E-state index contributed by atoms with van der Waals surface area (Å²) >= 11 is 0. The van der Waals surface area contributed by atoms with Crippen molar-refractivity contribution in [1.82, 2.24) is 0 Å². The van der Waals surface area contributed by atoms with Gasteiger partial charge in [0.25, 0.3) is 0 Å². The summed E-state index contributed by atoms with van der Waals surface area (Å²) in [7, 11) is 0. The monoisotopic (exact) mass is 326 g/mol. The van der Waals surface area contributed by atoms with Crippen LogP contribution in [0, 0.1) is 25.2 Å². The van der Waals surface area contributed by atoms with Crippen LogP contribution in [0.5, 0.6) is 0 Å². The Morgan fingerprint density at radius 3 is 2.38 bits per heavy atom. The maximum atomic E-state index is 12.1. The van der Waals surface area contributed by atoms with Crippen molar-refractivity contribution in [2.75, 3.05) is 0 Å². The molecule has 1 saturated carbocycles. The molecule has 2 unspecified atom stereocenters. The second-order valence-corrected chi connectivity index (χ2v) is 7.09. The number of benzene rings is 1. The minimum absolute atomic E-state index is 0.248. The van der Waals surface area contributed by atoms with E-state index in [0.717, 1.165) is 35.1 Å². The van der Waals surface area contributed by atoms with Gasteiger partial charge in [-0.1, -0.05) is 30.4 Å². The van der Waals surface area contributed by atoms with E-state index in [4.69, 9.17) is 0 Å². The minimum Gasteiger partial charge on any atom is -0.481 e. The zero-order chi connectivity index (χ0) is 17.6. The van der Waals surface area contributed by atoms with E-state index in [9.17, 15) is 19.8 Å². The summed E-state index contributed by atoms with van der Waals surface area (Å²) < 4.78 is 0. The Kier molecular flexibility index (Phi) is 3.86. The van der Waals surface area contributed by atoms with Crippen molar-refractivity contribution in [3.8, 4) is 0 Å². The lowest BCUT2D eigenvalue weighted by atomic mass is 9.64. The van der Waals surface area contributed by atoms with Crippen LogP contribution in [0.15, 0.2) is 41.5 Å². The van der Waals surface area contributed by atoms with Gasteiger partial charge < -0.3 is 10.2 Å². The number of hydrogen-bond acceptors (Lipinski definition) is 2. The van der Waals surface area contributed by atoms with Crippen molar-refractivity contribution in [1.29, 1.82) is 0 Å². The highest BCUT2D eigenvalue weighted by Gasteiger charge is 2.49. The molecule has 2 atom stereocenters. The molecule has 2 N–H and O–H groups in total. The molecule has 3 rings (SSSR count). The van der Waals surface area contributed by atoms with E-state index in [1.54, 1.807) is 19.1 Å². The SMILES string of the molecule is Cc1cccc(C2C(C(=O)O)=C(C3CC3)C=CC2(C)C(=O)O)c1C. The van der Waals surface area contributed by atoms with Crippen LogP contribution in [0.3, 0.4) is 0 Å². The molecule has 0 aromatic heterocycles. The van der Waals surface area contributed by atoms with E-state index in [0.29, 0.717) is 0 Å².